The number of para-hydroxylation sites is 1. The van der Waals surface area contributed by atoms with Crippen molar-refractivity contribution in [1.29, 1.82) is 0 Å². The average molecular weight is 374 g/mol. The predicted molar refractivity (Wildman–Crippen MR) is 102 cm³/mol. The highest BCUT2D eigenvalue weighted by atomic mass is 16.5. The molecular weight excluding hydrogens is 356 g/mol. The van der Waals surface area contributed by atoms with E-state index in [2.05, 4.69) is 25.1 Å². The van der Waals surface area contributed by atoms with Gasteiger partial charge in [-0.3, -0.25) is 9.97 Å². The Morgan fingerprint density at radius 1 is 1.00 bits per heavy atom. The van der Waals surface area contributed by atoms with Crippen molar-refractivity contribution in [1.82, 2.24) is 25.1 Å². The number of aromatic nitrogens is 5. The van der Waals surface area contributed by atoms with Crippen LogP contribution in [0.4, 0.5) is 5.82 Å². The number of nitrogens with zero attached hydrogens (tertiary/aromatic N) is 6. The van der Waals surface area contributed by atoms with Gasteiger partial charge in [-0.15, -0.1) is 0 Å². The van der Waals surface area contributed by atoms with E-state index in [1.807, 2.05) is 54.4 Å². The minimum Gasteiger partial charge on any atom is -0.485 e. The molecule has 0 N–H and O–H groups in total. The third-order valence-corrected chi connectivity index (χ3v) is 3.98. The van der Waals surface area contributed by atoms with Gasteiger partial charge in [0.25, 0.3) is 5.89 Å². The topological polar surface area (TPSA) is 90.1 Å². The minimum absolute atomic E-state index is 0.236. The Morgan fingerprint density at radius 3 is 2.64 bits per heavy atom. The van der Waals surface area contributed by atoms with Crippen LogP contribution in [-0.2, 0) is 13.2 Å². The van der Waals surface area contributed by atoms with Gasteiger partial charge in [-0.1, -0.05) is 23.4 Å². The van der Waals surface area contributed by atoms with E-state index in [-0.39, 0.29) is 6.61 Å². The Hall–Kier alpha value is -3.81. The second-order valence-corrected chi connectivity index (χ2v) is 6.08. The fraction of sp³-hybridized carbons (Fsp3) is 0.150. The molecule has 0 fully saturated rings. The van der Waals surface area contributed by atoms with E-state index < -0.39 is 0 Å². The Balaban J connectivity index is 1.39. The van der Waals surface area contributed by atoms with Crippen molar-refractivity contribution in [2.45, 2.75) is 13.2 Å². The minimum atomic E-state index is 0.236. The summed E-state index contributed by atoms with van der Waals surface area (Å²) in [5.74, 6) is 2.44. The van der Waals surface area contributed by atoms with Gasteiger partial charge in [0.15, 0.2) is 6.61 Å². The lowest BCUT2D eigenvalue weighted by molar-refractivity contribution is 0.287. The lowest BCUT2D eigenvalue weighted by Gasteiger charge is -2.17. The standard InChI is InChI=1S/C20H18N6O2/c1-26(13-16-12-21-9-10-22-16)19-8-7-15(11-23-19)20-24-18(25-28-20)14-27-17-5-3-2-4-6-17/h2-12H,13-14H2,1H3. The third-order valence-electron chi connectivity index (χ3n) is 3.98. The first-order valence-electron chi connectivity index (χ1n) is 8.71. The van der Waals surface area contributed by atoms with Crippen molar-refractivity contribution >= 4 is 5.82 Å². The molecule has 4 rings (SSSR count). The Kier molecular flexibility index (Phi) is 5.19. The summed E-state index contributed by atoms with van der Waals surface area (Å²) in [5.41, 5.74) is 1.62. The maximum atomic E-state index is 5.63. The summed E-state index contributed by atoms with van der Waals surface area (Å²) in [7, 11) is 1.95. The molecule has 0 spiro atoms. The first kappa shape index (κ1) is 17.6. The first-order valence-corrected chi connectivity index (χ1v) is 8.71. The number of hydrogen-bond acceptors (Lipinski definition) is 8. The monoisotopic (exact) mass is 374 g/mol. The van der Waals surface area contributed by atoms with Crippen molar-refractivity contribution in [3.63, 3.8) is 0 Å². The molecule has 0 saturated carbocycles. The largest absolute Gasteiger partial charge is 0.485 e. The van der Waals surface area contributed by atoms with Crippen molar-refractivity contribution in [3.05, 3.63) is 78.8 Å². The van der Waals surface area contributed by atoms with E-state index in [4.69, 9.17) is 9.26 Å². The molecule has 1 aromatic carbocycles. The van der Waals surface area contributed by atoms with E-state index in [0.717, 1.165) is 22.8 Å². The van der Waals surface area contributed by atoms with Crippen LogP contribution in [0, 0.1) is 0 Å². The Morgan fingerprint density at radius 2 is 1.89 bits per heavy atom. The maximum absolute atomic E-state index is 5.63. The molecule has 0 atom stereocenters. The first-order chi connectivity index (χ1) is 13.8. The van der Waals surface area contributed by atoms with E-state index in [9.17, 15) is 0 Å². The summed E-state index contributed by atoms with van der Waals surface area (Å²) in [6.45, 7) is 0.849. The van der Waals surface area contributed by atoms with Gasteiger partial charge in [0.1, 0.15) is 11.6 Å². The van der Waals surface area contributed by atoms with Gasteiger partial charge in [0.2, 0.25) is 5.82 Å². The summed E-state index contributed by atoms with van der Waals surface area (Å²) in [5, 5.41) is 3.96. The Bertz CT molecular complexity index is 1010. The van der Waals surface area contributed by atoms with Crippen LogP contribution in [0.2, 0.25) is 0 Å². The quantitative estimate of drug-likeness (QED) is 0.487. The number of pyridine rings is 1. The molecule has 0 unspecified atom stereocenters. The normalized spacial score (nSPS) is 10.6. The molecule has 8 heteroatoms. The fourth-order valence-electron chi connectivity index (χ4n) is 2.57. The highest BCUT2D eigenvalue weighted by molar-refractivity contribution is 5.54. The van der Waals surface area contributed by atoms with E-state index in [1.54, 1.807) is 24.8 Å². The molecule has 0 aliphatic rings. The molecule has 0 saturated heterocycles. The van der Waals surface area contributed by atoms with Crippen LogP contribution in [0.5, 0.6) is 5.75 Å². The zero-order chi connectivity index (χ0) is 19.2. The maximum Gasteiger partial charge on any atom is 0.259 e. The van der Waals surface area contributed by atoms with Crippen molar-refractivity contribution < 1.29 is 9.26 Å². The van der Waals surface area contributed by atoms with Crippen LogP contribution >= 0.6 is 0 Å². The van der Waals surface area contributed by atoms with Gasteiger partial charge < -0.3 is 14.2 Å². The molecule has 3 heterocycles. The molecule has 3 aromatic heterocycles. The van der Waals surface area contributed by atoms with E-state index in [1.165, 1.54) is 0 Å². The third kappa shape index (κ3) is 4.29. The highest BCUT2D eigenvalue weighted by Gasteiger charge is 2.11. The summed E-state index contributed by atoms with van der Waals surface area (Å²) < 4.78 is 11.0. The van der Waals surface area contributed by atoms with Gasteiger partial charge >= 0.3 is 0 Å². The molecule has 0 aliphatic heterocycles. The smallest absolute Gasteiger partial charge is 0.259 e. The second-order valence-electron chi connectivity index (χ2n) is 6.08. The molecule has 4 aromatic rings. The molecule has 140 valence electrons. The summed E-state index contributed by atoms with van der Waals surface area (Å²) >= 11 is 0. The van der Waals surface area contributed by atoms with Gasteiger partial charge in [-0.05, 0) is 24.3 Å². The zero-order valence-electron chi connectivity index (χ0n) is 15.3. The SMILES string of the molecule is CN(Cc1cnccn1)c1ccc(-c2nc(COc3ccccc3)no2)cn1. The summed E-state index contributed by atoms with van der Waals surface area (Å²) in [6, 6.07) is 13.3. The van der Waals surface area contributed by atoms with Crippen LogP contribution < -0.4 is 9.64 Å². The van der Waals surface area contributed by atoms with Crippen LogP contribution in [0.3, 0.4) is 0 Å². The molecule has 0 bridgehead atoms. The molecule has 0 radical (unpaired) electrons. The van der Waals surface area contributed by atoms with E-state index >= 15 is 0 Å². The highest BCUT2D eigenvalue weighted by Crippen LogP contribution is 2.20. The molecule has 28 heavy (non-hydrogen) atoms. The number of benzene rings is 1. The van der Waals surface area contributed by atoms with Crippen LogP contribution in [0.25, 0.3) is 11.5 Å². The molecule has 0 amide bonds. The summed E-state index contributed by atoms with van der Waals surface area (Å²) in [6.07, 6.45) is 6.77. The van der Waals surface area contributed by atoms with Crippen molar-refractivity contribution in [2.75, 3.05) is 11.9 Å². The second kappa shape index (κ2) is 8.26. The summed E-state index contributed by atoms with van der Waals surface area (Å²) in [4.78, 5) is 19.2. The number of anilines is 1. The number of rotatable bonds is 7. The van der Waals surface area contributed by atoms with Crippen LogP contribution in [0.15, 0.2) is 71.8 Å². The number of hydrogen-bond donors (Lipinski definition) is 0. The molecule has 0 aliphatic carbocycles. The van der Waals surface area contributed by atoms with Crippen LogP contribution in [-0.4, -0.2) is 32.1 Å². The van der Waals surface area contributed by atoms with E-state index in [0.29, 0.717) is 18.3 Å². The lowest BCUT2D eigenvalue weighted by Crippen LogP contribution is -2.18. The van der Waals surface area contributed by atoms with Gasteiger partial charge in [-0.25, -0.2) is 4.98 Å². The van der Waals surface area contributed by atoms with Crippen LogP contribution in [0.1, 0.15) is 11.5 Å². The fourth-order valence-corrected chi connectivity index (χ4v) is 2.57. The van der Waals surface area contributed by atoms with Gasteiger partial charge in [0, 0.05) is 25.6 Å². The van der Waals surface area contributed by atoms with Crippen molar-refractivity contribution in [3.8, 4) is 17.2 Å². The van der Waals surface area contributed by atoms with Crippen molar-refractivity contribution in [2.24, 2.45) is 0 Å². The van der Waals surface area contributed by atoms with Gasteiger partial charge in [0.05, 0.1) is 24.0 Å². The Labute approximate surface area is 161 Å². The average Bonchev–Trinajstić information content (AvgIpc) is 3.23. The molecular formula is C20H18N6O2. The zero-order valence-corrected chi connectivity index (χ0v) is 15.3. The molecule has 8 nitrogen and oxygen atoms in total. The number of ether oxygens (including phenoxy) is 1. The van der Waals surface area contributed by atoms with Gasteiger partial charge in [-0.2, -0.15) is 4.98 Å². The predicted octanol–water partition coefficient (Wildman–Crippen LogP) is 3.14. The lowest BCUT2D eigenvalue weighted by atomic mass is 10.2.